The van der Waals surface area contributed by atoms with Gasteiger partial charge in [0, 0.05) is 18.6 Å². The molecule has 0 saturated heterocycles. The van der Waals surface area contributed by atoms with Gasteiger partial charge in [0.1, 0.15) is 0 Å². The maximum atomic E-state index is 4.99. The average molecular weight is 110 g/mol. The molecule has 0 aromatic carbocycles. The predicted octanol–water partition coefficient (Wildman–Crippen LogP) is 1.06. The fourth-order valence-electron chi connectivity index (χ4n) is 0.220. The van der Waals surface area contributed by atoms with E-state index in [1.54, 1.807) is 6.21 Å². The maximum Gasteiger partial charge on any atom is 0.0422 e. The van der Waals surface area contributed by atoms with Crippen molar-refractivity contribution in [1.29, 1.82) is 0 Å². The van der Waals surface area contributed by atoms with E-state index in [4.69, 9.17) is 5.73 Å². The van der Waals surface area contributed by atoms with Gasteiger partial charge in [0.25, 0.3) is 0 Å². The Balaban J connectivity index is 3.50. The van der Waals surface area contributed by atoms with Crippen molar-refractivity contribution in [2.75, 3.05) is 0 Å². The van der Waals surface area contributed by atoms with Crippen LogP contribution >= 0.6 is 0 Å². The van der Waals surface area contributed by atoms with Crippen molar-refractivity contribution < 1.29 is 0 Å². The van der Waals surface area contributed by atoms with Gasteiger partial charge in [-0.25, -0.2) is 0 Å². The first-order chi connectivity index (χ1) is 3.77. The van der Waals surface area contributed by atoms with Crippen LogP contribution in [0.25, 0.3) is 0 Å². The quantitative estimate of drug-likeness (QED) is 0.530. The standard InChI is InChI=1S/C6H10N2/c1-6(2)5-8-4-3-7/h3-5H,1,7H2,2H3/b4-3-,8-5-. The lowest BCUT2D eigenvalue weighted by Crippen LogP contribution is -1.75. The van der Waals surface area contributed by atoms with Crippen LogP contribution in [0, 0.1) is 0 Å². The molecule has 0 fully saturated rings. The molecule has 0 aliphatic heterocycles. The minimum atomic E-state index is 0.920. The van der Waals surface area contributed by atoms with Gasteiger partial charge in [-0.05, 0) is 12.5 Å². The zero-order valence-electron chi connectivity index (χ0n) is 4.96. The Hall–Kier alpha value is -1.05. The first-order valence-corrected chi connectivity index (χ1v) is 2.33. The molecule has 0 aliphatic carbocycles. The highest BCUT2D eigenvalue weighted by atomic mass is 14.7. The Morgan fingerprint density at radius 1 is 1.75 bits per heavy atom. The normalized spacial score (nSPS) is 11.1. The van der Waals surface area contributed by atoms with Crippen LogP contribution in [0.2, 0.25) is 0 Å². The molecule has 0 aromatic rings. The van der Waals surface area contributed by atoms with Crippen molar-refractivity contribution in [3.05, 3.63) is 24.6 Å². The number of hydrogen-bond donors (Lipinski definition) is 1. The molecule has 0 atom stereocenters. The molecule has 2 heteroatoms. The predicted molar refractivity (Wildman–Crippen MR) is 36.6 cm³/mol. The SMILES string of the molecule is C=C(C)/C=N\C=C/N. The fourth-order valence-corrected chi connectivity index (χ4v) is 0.220. The molecule has 0 spiro atoms. The number of nitrogens with two attached hydrogens (primary N) is 1. The van der Waals surface area contributed by atoms with Crippen molar-refractivity contribution in [1.82, 2.24) is 0 Å². The molecule has 44 valence electrons. The summed E-state index contributed by atoms with van der Waals surface area (Å²) < 4.78 is 0. The first-order valence-electron chi connectivity index (χ1n) is 2.33. The second-order valence-electron chi connectivity index (χ2n) is 1.47. The number of rotatable bonds is 2. The zero-order valence-corrected chi connectivity index (χ0v) is 4.96. The minimum absolute atomic E-state index is 0.920. The van der Waals surface area contributed by atoms with Crippen molar-refractivity contribution in [2.45, 2.75) is 6.92 Å². The molecule has 0 aliphatic rings. The van der Waals surface area contributed by atoms with Gasteiger partial charge < -0.3 is 5.73 Å². The highest BCUT2D eigenvalue weighted by molar-refractivity contribution is 5.77. The molecule has 0 saturated carbocycles. The summed E-state index contributed by atoms with van der Waals surface area (Å²) in [4.78, 5) is 3.76. The Bertz CT molecular complexity index is 122. The van der Waals surface area contributed by atoms with E-state index in [1.165, 1.54) is 12.4 Å². The van der Waals surface area contributed by atoms with Gasteiger partial charge in [0.15, 0.2) is 0 Å². The Morgan fingerprint density at radius 2 is 2.38 bits per heavy atom. The van der Waals surface area contributed by atoms with Gasteiger partial charge in [-0.2, -0.15) is 0 Å². The van der Waals surface area contributed by atoms with Gasteiger partial charge in [0.05, 0.1) is 0 Å². The van der Waals surface area contributed by atoms with Crippen LogP contribution in [0.15, 0.2) is 29.5 Å². The topological polar surface area (TPSA) is 38.4 Å². The van der Waals surface area contributed by atoms with Gasteiger partial charge >= 0.3 is 0 Å². The lowest BCUT2D eigenvalue weighted by Gasteiger charge is -1.78. The number of aliphatic imine (C=N–C) groups is 1. The van der Waals surface area contributed by atoms with Crippen LogP contribution in [0.1, 0.15) is 6.92 Å². The third-order valence-corrected chi connectivity index (χ3v) is 0.467. The van der Waals surface area contributed by atoms with E-state index in [0.29, 0.717) is 0 Å². The largest absolute Gasteiger partial charge is 0.403 e. The second-order valence-corrected chi connectivity index (χ2v) is 1.47. The fraction of sp³-hybridized carbons (Fsp3) is 0.167. The van der Waals surface area contributed by atoms with E-state index >= 15 is 0 Å². The monoisotopic (exact) mass is 110 g/mol. The van der Waals surface area contributed by atoms with Gasteiger partial charge in [-0.3, -0.25) is 4.99 Å². The zero-order chi connectivity index (χ0) is 6.41. The Kier molecular flexibility index (Phi) is 3.58. The average Bonchev–Trinajstić information content (AvgIpc) is 1.66. The highest BCUT2D eigenvalue weighted by Gasteiger charge is 1.67. The molecule has 2 nitrogen and oxygen atoms in total. The molecule has 2 N–H and O–H groups in total. The van der Waals surface area contributed by atoms with E-state index in [-0.39, 0.29) is 0 Å². The summed E-state index contributed by atoms with van der Waals surface area (Å²) in [6.07, 6.45) is 4.53. The summed E-state index contributed by atoms with van der Waals surface area (Å²) >= 11 is 0. The van der Waals surface area contributed by atoms with Crippen molar-refractivity contribution in [3.8, 4) is 0 Å². The summed E-state index contributed by atoms with van der Waals surface area (Å²) in [6.45, 7) is 5.47. The summed E-state index contributed by atoms with van der Waals surface area (Å²) in [7, 11) is 0. The van der Waals surface area contributed by atoms with Crippen LogP contribution in [0.4, 0.5) is 0 Å². The number of hydrogen-bond acceptors (Lipinski definition) is 2. The molecule has 0 bridgehead atoms. The Morgan fingerprint density at radius 3 is 2.75 bits per heavy atom. The van der Waals surface area contributed by atoms with E-state index in [0.717, 1.165) is 5.57 Å². The minimum Gasteiger partial charge on any atom is -0.403 e. The van der Waals surface area contributed by atoms with E-state index in [2.05, 4.69) is 11.6 Å². The van der Waals surface area contributed by atoms with E-state index in [9.17, 15) is 0 Å². The van der Waals surface area contributed by atoms with Crippen LogP contribution in [-0.2, 0) is 0 Å². The van der Waals surface area contributed by atoms with Gasteiger partial charge in [-0.15, -0.1) is 0 Å². The third-order valence-electron chi connectivity index (χ3n) is 0.467. The van der Waals surface area contributed by atoms with Crippen LogP contribution < -0.4 is 5.73 Å². The molecule has 0 rings (SSSR count). The molecular formula is C6H10N2. The third kappa shape index (κ3) is 4.95. The van der Waals surface area contributed by atoms with E-state index < -0.39 is 0 Å². The molecule has 0 radical (unpaired) electrons. The number of nitrogens with zero attached hydrogens (tertiary/aromatic N) is 1. The molecule has 0 amide bonds. The summed E-state index contributed by atoms with van der Waals surface area (Å²) in [5.74, 6) is 0. The summed E-state index contributed by atoms with van der Waals surface area (Å²) in [6, 6.07) is 0. The molecule has 0 aromatic heterocycles. The molecule has 0 unspecified atom stereocenters. The lowest BCUT2D eigenvalue weighted by atomic mass is 10.4. The van der Waals surface area contributed by atoms with Crippen LogP contribution in [0.5, 0.6) is 0 Å². The Labute approximate surface area is 49.4 Å². The molecule has 0 heterocycles. The summed E-state index contributed by atoms with van der Waals surface area (Å²) in [5.41, 5.74) is 5.91. The van der Waals surface area contributed by atoms with Crippen LogP contribution in [0.3, 0.4) is 0 Å². The second kappa shape index (κ2) is 4.12. The summed E-state index contributed by atoms with van der Waals surface area (Å²) in [5, 5.41) is 0. The smallest absolute Gasteiger partial charge is 0.0422 e. The lowest BCUT2D eigenvalue weighted by molar-refractivity contribution is 1.48. The number of allylic oxidation sites excluding steroid dienone is 1. The van der Waals surface area contributed by atoms with Gasteiger partial charge in [-0.1, -0.05) is 6.58 Å². The highest BCUT2D eigenvalue weighted by Crippen LogP contribution is 1.78. The van der Waals surface area contributed by atoms with Crippen molar-refractivity contribution in [3.63, 3.8) is 0 Å². The van der Waals surface area contributed by atoms with Crippen LogP contribution in [-0.4, -0.2) is 6.21 Å². The van der Waals surface area contributed by atoms with Gasteiger partial charge in [0.2, 0.25) is 0 Å². The molecular weight excluding hydrogens is 100 g/mol. The maximum absolute atomic E-state index is 4.99. The van der Waals surface area contributed by atoms with Crippen molar-refractivity contribution in [2.24, 2.45) is 10.7 Å². The molecule has 8 heavy (non-hydrogen) atoms. The first kappa shape index (κ1) is 6.95. The van der Waals surface area contributed by atoms with E-state index in [1.807, 2.05) is 6.92 Å². The van der Waals surface area contributed by atoms with Crippen molar-refractivity contribution >= 4 is 6.21 Å².